The number of hydrogen-bond acceptors (Lipinski definition) is 3. The molecule has 0 spiro atoms. The fourth-order valence-electron chi connectivity index (χ4n) is 1.31. The Morgan fingerprint density at radius 1 is 1.69 bits per heavy atom. The third-order valence-corrected chi connectivity index (χ3v) is 3.24. The molecule has 0 unspecified atom stereocenters. The standard InChI is InChI=1S/C9H12N2OS/c1-11(8-3-2-4-13-8)9(12)7-5-10-6-7/h2-4,7,10H,5-6H2,1H3. The molecule has 1 saturated heterocycles. The highest BCUT2D eigenvalue weighted by molar-refractivity contribution is 7.14. The average molecular weight is 196 g/mol. The molecule has 0 aliphatic carbocycles. The Morgan fingerprint density at radius 3 is 2.92 bits per heavy atom. The van der Waals surface area contributed by atoms with Crippen LogP contribution in [-0.4, -0.2) is 26.0 Å². The molecule has 1 fully saturated rings. The first-order valence-corrected chi connectivity index (χ1v) is 5.19. The maximum Gasteiger partial charge on any atom is 0.233 e. The van der Waals surface area contributed by atoms with Gasteiger partial charge in [0.25, 0.3) is 0 Å². The summed E-state index contributed by atoms with van der Waals surface area (Å²) in [6.07, 6.45) is 0. The predicted molar refractivity (Wildman–Crippen MR) is 54.1 cm³/mol. The maximum absolute atomic E-state index is 11.7. The van der Waals surface area contributed by atoms with Gasteiger partial charge in [0.1, 0.15) is 0 Å². The number of rotatable bonds is 2. The van der Waals surface area contributed by atoms with Gasteiger partial charge in [-0.1, -0.05) is 0 Å². The molecular formula is C9H12N2OS. The van der Waals surface area contributed by atoms with Gasteiger partial charge in [0.2, 0.25) is 5.91 Å². The molecule has 1 aromatic heterocycles. The van der Waals surface area contributed by atoms with Crippen LogP contribution in [0.15, 0.2) is 17.5 Å². The van der Waals surface area contributed by atoms with E-state index in [1.54, 1.807) is 16.2 Å². The molecule has 0 saturated carbocycles. The van der Waals surface area contributed by atoms with Gasteiger partial charge in [-0.2, -0.15) is 0 Å². The minimum absolute atomic E-state index is 0.187. The highest BCUT2D eigenvalue weighted by Gasteiger charge is 2.28. The number of hydrogen-bond donors (Lipinski definition) is 1. The van der Waals surface area contributed by atoms with E-state index in [-0.39, 0.29) is 11.8 Å². The summed E-state index contributed by atoms with van der Waals surface area (Å²) in [7, 11) is 1.84. The third-order valence-electron chi connectivity index (χ3n) is 2.30. The van der Waals surface area contributed by atoms with E-state index in [4.69, 9.17) is 0 Å². The van der Waals surface area contributed by atoms with Crippen molar-refractivity contribution in [2.45, 2.75) is 0 Å². The third kappa shape index (κ3) is 1.59. The molecule has 2 heterocycles. The van der Waals surface area contributed by atoms with Crippen molar-refractivity contribution >= 4 is 22.2 Å². The topological polar surface area (TPSA) is 32.3 Å². The van der Waals surface area contributed by atoms with Crippen molar-refractivity contribution in [2.75, 3.05) is 25.0 Å². The van der Waals surface area contributed by atoms with Crippen LogP contribution in [0.4, 0.5) is 5.00 Å². The van der Waals surface area contributed by atoms with E-state index in [2.05, 4.69) is 5.32 Å². The molecule has 0 bridgehead atoms. The van der Waals surface area contributed by atoms with Crippen LogP contribution in [0.2, 0.25) is 0 Å². The summed E-state index contributed by atoms with van der Waals surface area (Å²) < 4.78 is 0. The Labute approximate surface area is 81.4 Å². The summed E-state index contributed by atoms with van der Waals surface area (Å²) in [4.78, 5) is 13.5. The summed E-state index contributed by atoms with van der Waals surface area (Å²) in [6.45, 7) is 1.66. The van der Waals surface area contributed by atoms with Crippen molar-refractivity contribution in [2.24, 2.45) is 5.92 Å². The average Bonchev–Trinajstić information content (AvgIpc) is 2.51. The number of carbonyl (C=O) groups excluding carboxylic acids is 1. The van der Waals surface area contributed by atoms with E-state index in [1.807, 2.05) is 24.6 Å². The zero-order valence-corrected chi connectivity index (χ0v) is 8.30. The molecule has 70 valence electrons. The molecule has 3 nitrogen and oxygen atoms in total. The summed E-state index contributed by atoms with van der Waals surface area (Å²) in [5.41, 5.74) is 0. The van der Waals surface area contributed by atoms with Gasteiger partial charge in [0, 0.05) is 20.1 Å². The Balaban J connectivity index is 2.04. The van der Waals surface area contributed by atoms with Gasteiger partial charge in [0.05, 0.1) is 10.9 Å². The van der Waals surface area contributed by atoms with Crippen molar-refractivity contribution in [3.8, 4) is 0 Å². The van der Waals surface area contributed by atoms with Crippen molar-refractivity contribution < 1.29 is 4.79 Å². The molecule has 1 N–H and O–H groups in total. The Kier molecular flexibility index (Phi) is 2.33. The van der Waals surface area contributed by atoms with Crippen molar-refractivity contribution in [1.82, 2.24) is 5.32 Å². The summed E-state index contributed by atoms with van der Waals surface area (Å²) in [6, 6.07) is 3.93. The van der Waals surface area contributed by atoms with Gasteiger partial charge in [-0.3, -0.25) is 4.79 Å². The van der Waals surface area contributed by atoms with Crippen molar-refractivity contribution in [3.05, 3.63) is 17.5 Å². The predicted octanol–water partition coefficient (Wildman–Crippen LogP) is 0.930. The van der Waals surface area contributed by atoms with Gasteiger partial charge >= 0.3 is 0 Å². The lowest BCUT2D eigenvalue weighted by Crippen LogP contribution is -2.51. The smallest absolute Gasteiger partial charge is 0.233 e. The number of thiophene rings is 1. The van der Waals surface area contributed by atoms with Crippen LogP contribution in [0.3, 0.4) is 0 Å². The normalized spacial score (nSPS) is 16.7. The SMILES string of the molecule is CN(C(=O)C1CNC1)c1cccs1. The first kappa shape index (κ1) is 8.72. The highest BCUT2D eigenvalue weighted by Crippen LogP contribution is 2.22. The second-order valence-electron chi connectivity index (χ2n) is 3.20. The van der Waals surface area contributed by atoms with Crippen LogP contribution < -0.4 is 10.2 Å². The van der Waals surface area contributed by atoms with Crippen LogP contribution in [0.25, 0.3) is 0 Å². The fourth-order valence-corrected chi connectivity index (χ4v) is 2.01. The molecule has 1 aliphatic heterocycles. The Hall–Kier alpha value is -0.870. The van der Waals surface area contributed by atoms with E-state index in [0.29, 0.717) is 0 Å². The summed E-state index contributed by atoms with van der Waals surface area (Å²) >= 11 is 1.60. The van der Waals surface area contributed by atoms with Crippen LogP contribution >= 0.6 is 11.3 Å². The largest absolute Gasteiger partial charge is 0.315 e. The van der Waals surface area contributed by atoms with Gasteiger partial charge in [-0.05, 0) is 17.5 Å². The molecule has 1 amide bonds. The van der Waals surface area contributed by atoms with Gasteiger partial charge in [-0.15, -0.1) is 11.3 Å². The number of carbonyl (C=O) groups is 1. The molecule has 0 radical (unpaired) electrons. The zero-order valence-electron chi connectivity index (χ0n) is 7.49. The molecular weight excluding hydrogens is 184 g/mol. The van der Waals surface area contributed by atoms with E-state index >= 15 is 0 Å². The van der Waals surface area contributed by atoms with E-state index in [9.17, 15) is 4.79 Å². The summed E-state index contributed by atoms with van der Waals surface area (Å²) in [5.74, 6) is 0.410. The Bertz CT molecular complexity index is 293. The lowest BCUT2D eigenvalue weighted by atomic mass is 10.0. The summed E-state index contributed by atoms with van der Waals surface area (Å²) in [5, 5.41) is 6.11. The number of anilines is 1. The molecule has 2 rings (SSSR count). The van der Waals surface area contributed by atoms with Crippen LogP contribution in [0.5, 0.6) is 0 Å². The molecule has 13 heavy (non-hydrogen) atoms. The first-order valence-electron chi connectivity index (χ1n) is 4.31. The second kappa shape index (κ2) is 3.47. The monoisotopic (exact) mass is 196 g/mol. The van der Waals surface area contributed by atoms with Crippen molar-refractivity contribution in [1.29, 1.82) is 0 Å². The van der Waals surface area contributed by atoms with Crippen LogP contribution in [-0.2, 0) is 4.79 Å². The van der Waals surface area contributed by atoms with E-state index < -0.39 is 0 Å². The molecule has 1 aromatic rings. The fraction of sp³-hybridized carbons (Fsp3) is 0.444. The number of nitrogens with zero attached hydrogens (tertiary/aromatic N) is 1. The second-order valence-corrected chi connectivity index (χ2v) is 4.13. The van der Waals surface area contributed by atoms with E-state index in [1.165, 1.54) is 0 Å². The molecule has 4 heteroatoms. The van der Waals surface area contributed by atoms with E-state index in [0.717, 1.165) is 18.1 Å². The zero-order chi connectivity index (χ0) is 9.26. The quantitative estimate of drug-likeness (QED) is 0.763. The minimum Gasteiger partial charge on any atom is -0.315 e. The number of nitrogens with one attached hydrogen (secondary N) is 1. The number of amides is 1. The molecule has 1 aliphatic rings. The van der Waals surface area contributed by atoms with Crippen LogP contribution in [0, 0.1) is 5.92 Å². The van der Waals surface area contributed by atoms with Crippen molar-refractivity contribution in [3.63, 3.8) is 0 Å². The molecule has 0 aromatic carbocycles. The van der Waals surface area contributed by atoms with Crippen LogP contribution in [0.1, 0.15) is 0 Å². The van der Waals surface area contributed by atoms with Gasteiger partial charge in [0.15, 0.2) is 0 Å². The maximum atomic E-state index is 11.7. The highest BCUT2D eigenvalue weighted by atomic mass is 32.1. The Morgan fingerprint density at radius 2 is 2.46 bits per heavy atom. The minimum atomic E-state index is 0.187. The molecule has 0 atom stereocenters. The lowest BCUT2D eigenvalue weighted by molar-refractivity contribution is -0.123. The first-order chi connectivity index (χ1) is 6.29. The van der Waals surface area contributed by atoms with Gasteiger partial charge < -0.3 is 10.2 Å². The van der Waals surface area contributed by atoms with Gasteiger partial charge in [-0.25, -0.2) is 0 Å². The lowest BCUT2D eigenvalue weighted by Gasteiger charge is -2.29.